The fourth-order valence-electron chi connectivity index (χ4n) is 3.32. The van der Waals surface area contributed by atoms with E-state index >= 15 is 0 Å². The van der Waals surface area contributed by atoms with E-state index in [1.165, 1.54) is 11.8 Å². The maximum absolute atomic E-state index is 12.6. The molecule has 0 amide bonds. The van der Waals surface area contributed by atoms with Gasteiger partial charge < -0.3 is 9.52 Å². The number of benzene rings is 1. The zero-order chi connectivity index (χ0) is 18.9. The summed E-state index contributed by atoms with van der Waals surface area (Å²) in [6, 6.07) is 9.67. The minimum absolute atomic E-state index is 0.0376. The van der Waals surface area contributed by atoms with Crippen molar-refractivity contribution in [1.82, 2.24) is 0 Å². The van der Waals surface area contributed by atoms with E-state index in [-0.39, 0.29) is 16.1 Å². The van der Waals surface area contributed by atoms with Crippen LogP contribution in [-0.2, 0) is 5.41 Å². The van der Waals surface area contributed by atoms with Gasteiger partial charge in [0, 0.05) is 16.4 Å². The highest BCUT2D eigenvalue weighted by atomic mass is 32.2. The Hall–Kier alpha value is -1.68. The van der Waals surface area contributed by atoms with Gasteiger partial charge in [-0.2, -0.15) is 0 Å². The first-order valence-electron chi connectivity index (χ1n) is 9.47. The van der Waals surface area contributed by atoms with E-state index in [9.17, 15) is 9.90 Å². The molecule has 0 atom stereocenters. The molecule has 2 aromatic rings. The molecule has 3 nitrogen and oxygen atoms in total. The van der Waals surface area contributed by atoms with Crippen LogP contribution >= 0.6 is 11.8 Å². The van der Waals surface area contributed by atoms with Gasteiger partial charge in [0.25, 0.3) is 0 Å². The van der Waals surface area contributed by atoms with Crippen molar-refractivity contribution >= 4 is 11.8 Å². The first kappa shape index (κ1) is 19.1. The van der Waals surface area contributed by atoms with Crippen LogP contribution < -0.4 is 5.63 Å². The van der Waals surface area contributed by atoms with Crippen molar-refractivity contribution in [2.75, 3.05) is 0 Å². The zero-order valence-corrected chi connectivity index (χ0v) is 16.9. The minimum atomic E-state index is -0.431. The highest BCUT2D eigenvalue weighted by Crippen LogP contribution is 2.53. The normalized spacial score (nSPS) is 15.6. The molecule has 1 aliphatic carbocycles. The van der Waals surface area contributed by atoms with E-state index in [1.807, 2.05) is 18.2 Å². The molecule has 1 fully saturated rings. The van der Waals surface area contributed by atoms with Gasteiger partial charge in [-0.3, -0.25) is 0 Å². The summed E-state index contributed by atoms with van der Waals surface area (Å²) in [4.78, 5) is 13.9. The van der Waals surface area contributed by atoms with Gasteiger partial charge in [0.1, 0.15) is 16.4 Å². The molecule has 1 aromatic heterocycles. The molecule has 4 heteroatoms. The molecule has 0 bridgehead atoms. The van der Waals surface area contributed by atoms with Crippen LogP contribution in [0.25, 0.3) is 0 Å². The lowest BCUT2D eigenvalue weighted by Gasteiger charge is -2.17. The highest BCUT2D eigenvalue weighted by Gasteiger charge is 2.46. The lowest BCUT2D eigenvalue weighted by atomic mass is 9.92. The van der Waals surface area contributed by atoms with E-state index in [4.69, 9.17) is 4.42 Å². The molecule has 26 heavy (non-hydrogen) atoms. The molecule has 0 radical (unpaired) electrons. The quantitative estimate of drug-likeness (QED) is 0.639. The van der Waals surface area contributed by atoms with Gasteiger partial charge in [0.2, 0.25) is 0 Å². The average molecular weight is 373 g/mol. The summed E-state index contributed by atoms with van der Waals surface area (Å²) in [7, 11) is 0. The monoisotopic (exact) mass is 372 g/mol. The van der Waals surface area contributed by atoms with Crippen molar-refractivity contribution in [3.8, 4) is 5.75 Å². The fourth-order valence-corrected chi connectivity index (χ4v) is 4.40. The second-order valence-corrected chi connectivity index (χ2v) is 9.17. The van der Waals surface area contributed by atoms with Crippen LogP contribution in [0.5, 0.6) is 5.75 Å². The second-order valence-electron chi connectivity index (χ2n) is 8.12. The van der Waals surface area contributed by atoms with Crippen molar-refractivity contribution in [2.45, 2.75) is 74.5 Å². The highest BCUT2D eigenvalue weighted by molar-refractivity contribution is 7.99. The second kappa shape index (κ2) is 7.51. The zero-order valence-electron chi connectivity index (χ0n) is 16.0. The Morgan fingerprint density at radius 2 is 1.88 bits per heavy atom. The first-order valence-corrected chi connectivity index (χ1v) is 10.3. The lowest BCUT2D eigenvalue weighted by Crippen LogP contribution is -2.13. The third-order valence-corrected chi connectivity index (χ3v) is 6.39. The predicted molar refractivity (Wildman–Crippen MR) is 106 cm³/mol. The third kappa shape index (κ3) is 4.01. The molecule has 1 aromatic carbocycles. The Labute approximate surface area is 159 Å². The SMILES string of the molecule is CC(C)CCC1(c2cc(O)c(Sc3ccccc3C(C)C)c(=O)o2)CC1. The smallest absolute Gasteiger partial charge is 0.353 e. The molecule has 0 aliphatic heterocycles. The molecule has 0 saturated heterocycles. The van der Waals surface area contributed by atoms with Crippen LogP contribution in [0.2, 0.25) is 0 Å². The summed E-state index contributed by atoms with van der Waals surface area (Å²) >= 11 is 1.30. The molecule has 1 aliphatic rings. The largest absolute Gasteiger partial charge is 0.506 e. The molecular formula is C22H28O3S. The summed E-state index contributed by atoms with van der Waals surface area (Å²) in [5.74, 6) is 1.66. The van der Waals surface area contributed by atoms with Crippen molar-refractivity contribution in [3.63, 3.8) is 0 Å². The van der Waals surface area contributed by atoms with Crippen LogP contribution in [0.4, 0.5) is 0 Å². The maximum atomic E-state index is 12.6. The Kier molecular flexibility index (Phi) is 5.52. The Morgan fingerprint density at radius 3 is 2.46 bits per heavy atom. The molecule has 0 spiro atoms. The third-order valence-electron chi connectivity index (χ3n) is 5.22. The molecule has 0 unspecified atom stereocenters. The molecule has 1 N–H and O–H groups in total. The van der Waals surface area contributed by atoms with E-state index in [1.54, 1.807) is 6.07 Å². The van der Waals surface area contributed by atoms with E-state index in [2.05, 4.69) is 33.8 Å². The lowest BCUT2D eigenvalue weighted by molar-refractivity contribution is 0.355. The summed E-state index contributed by atoms with van der Waals surface area (Å²) in [5.41, 5.74) is 0.690. The van der Waals surface area contributed by atoms with Crippen LogP contribution in [0.3, 0.4) is 0 Å². The van der Waals surface area contributed by atoms with Gasteiger partial charge in [-0.15, -0.1) is 0 Å². The predicted octanol–water partition coefficient (Wildman–Crippen LogP) is 6.09. The van der Waals surface area contributed by atoms with Crippen molar-refractivity contribution < 1.29 is 9.52 Å². The average Bonchev–Trinajstić information content (AvgIpc) is 3.37. The Balaban J connectivity index is 1.89. The first-order chi connectivity index (χ1) is 12.3. The molecular weight excluding hydrogens is 344 g/mol. The van der Waals surface area contributed by atoms with Crippen LogP contribution in [0.15, 0.2) is 49.3 Å². The summed E-state index contributed by atoms with van der Waals surface area (Å²) in [5, 5.41) is 10.6. The van der Waals surface area contributed by atoms with Crippen molar-refractivity contribution in [1.29, 1.82) is 0 Å². The van der Waals surface area contributed by atoms with E-state index < -0.39 is 5.63 Å². The minimum Gasteiger partial charge on any atom is -0.506 e. The van der Waals surface area contributed by atoms with Gasteiger partial charge in [-0.05, 0) is 42.7 Å². The van der Waals surface area contributed by atoms with Gasteiger partial charge in [-0.1, -0.05) is 64.1 Å². The molecule has 140 valence electrons. The van der Waals surface area contributed by atoms with Gasteiger partial charge in [-0.25, -0.2) is 4.79 Å². The topological polar surface area (TPSA) is 50.4 Å². The van der Waals surface area contributed by atoms with Gasteiger partial charge >= 0.3 is 5.63 Å². The summed E-state index contributed by atoms with van der Waals surface area (Å²) in [6.07, 6.45) is 4.17. The standard InChI is InChI=1S/C22H28O3S/c1-14(2)9-10-22(11-12-22)19-13-17(23)20(21(24)25-19)26-18-8-6-5-7-16(18)15(3)4/h5-8,13-15,23H,9-12H2,1-4H3. The van der Waals surface area contributed by atoms with Crippen LogP contribution in [0, 0.1) is 5.92 Å². The summed E-state index contributed by atoms with van der Waals surface area (Å²) < 4.78 is 5.68. The van der Waals surface area contributed by atoms with Gasteiger partial charge in [0.05, 0.1) is 0 Å². The van der Waals surface area contributed by atoms with E-state index in [0.717, 1.165) is 36.1 Å². The van der Waals surface area contributed by atoms with Crippen LogP contribution in [0.1, 0.15) is 70.6 Å². The Bertz CT molecular complexity index is 832. The molecule has 1 heterocycles. The van der Waals surface area contributed by atoms with E-state index in [0.29, 0.717) is 17.6 Å². The molecule has 1 saturated carbocycles. The van der Waals surface area contributed by atoms with Crippen LogP contribution in [-0.4, -0.2) is 5.11 Å². The Morgan fingerprint density at radius 1 is 1.19 bits per heavy atom. The van der Waals surface area contributed by atoms with Gasteiger partial charge in [0.15, 0.2) is 0 Å². The number of aromatic hydroxyl groups is 1. The summed E-state index contributed by atoms with van der Waals surface area (Å²) in [6.45, 7) is 8.65. The number of hydrogen-bond donors (Lipinski definition) is 1. The molecule has 3 rings (SSSR count). The van der Waals surface area contributed by atoms with Crippen molar-refractivity contribution in [3.05, 3.63) is 52.1 Å². The number of hydrogen-bond acceptors (Lipinski definition) is 4. The fraction of sp³-hybridized carbons (Fsp3) is 0.500. The maximum Gasteiger partial charge on any atom is 0.353 e. The van der Waals surface area contributed by atoms with Crippen molar-refractivity contribution in [2.24, 2.45) is 5.92 Å². The number of rotatable bonds is 7.